The van der Waals surface area contributed by atoms with E-state index in [4.69, 9.17) is 0 Å². The number of anilines is 1. The van der Waals surface area contributed by atoms with Crippen LogP contribution in [0.25, 0.3) is 0 Å². The Morgan fingerprint density at radius 3 is 2.75 bits per heavy atom. The summed E-state index contributed by atoms with van der Waals surface area (Å²) in [6, 6.07) is 6.98. The zero-order valence-corrected chi connectivity index (χ0v) is 11.7. The van der Waals surface area contributed by atoms with Crippen LogP contribution in [0.2, 0.25) is 0 Å². The fraction of sp³-hybridized carbons (Fsp3) is 0.467. The predicted molar refractivity (Wildman–Crippen MR) is 78.7 cm³/mol. The second-order valence-electron chi connectivity index (χ2n) is 5.11. The molecule has 0 unspecified atom stereocenters. The lowest BCUT2D eigenvalue weighted by Gasteiger charge is -2.21. The zero-order valence-electron chi connectivity index (χ0n) is 11.7. The van der Waals surface area contributed by atoms with Crippen LogP contribution in [0, 0.1) is 5.92 Å². The smallest absolute Gasteiger partial charge is 0.251 e. The molecule has 0 spiro atoms. The van der Waals surface area contributed by atoms with Gasteiger partial charge in [0.15, 0.2) is 0 Å². The number of rotatable bonds is 4. The Morgan fingerprint density at radius 1 is 1.30 bits per heavy atom. The number of carbonyl (C=O) groups excluding carboxylic acids is 2. The van der Waals surface area contributed by atoms with Gasteiger partial charge in [-0.25, -0.2) is 0 Å². The maximum atomic E-state index is 12.0. The standard InChI is InChI=1S/C15H21N3O2/c1-16-15(20)12-3-2-4-13(10-12)18-14(19)9-11-5-7-17-8-6-11/h2-4,10-11,17H,5-9H2,1H3,(H,16,20)(H,18,19). The van der Waals surface area contributed by atoms with Gasteiger partial charge in [-0.1, -0.05) is 6.07 Å². The van der Waals surface area contributed by atoms with Gasteiger partial charge in [0.1, 0.15) is 0 Å². The first-order chi connectivity index (χ1) is 9.69. The van der Waals surface area contributed by atoms with Crippen LogP contribution in [0.15, 0.2) is 24.3 Å². The molecule has 1 aliphatic rings. The molecule has 0 bridgehead atoms. The number of benzene rings is 1. The van der Waals surface area contributed by atoms with Crippen molar-refractivity contribution in [2.75, 3.05) is 25.5 Å². The molecule has 2 amide bonds. The van der Waals surface area contributed by atoms with Crippen LogP contribution < -0.4 is 16.0 Å². The maximum Gasteiger partial charge on any atom is 0.251 e. The molecule has 5 nitrogen and oxygen atoms in total. The molecule has 1 aliphatic heterocycles. The van der Waals surface area contributed by atoms with E-state index in [0.717, 1.165) is 25.9 Å². The van der Waals surface area contributed by atoms with E-state index in [9.17, 15) is 9.59 Å². The molecule has 0 radical (unpaired) electrons. The Balaban J connectivity index is 1.91. The quantitative estimate of drug-likeness (QED) is 0.777. The number of carbonyl (C=O) groups is 2. The summed E-state index contributed by atoms with van der Waals surface area (Å²) in [5.74, 6) is 0.323. The van der Waals surface area contributed by atoms with Gasteiger partial charge in [-0.2, -0.15) is 0 Å². The van der Waals surface area contributed by atoms with Gasteiger partial charge in [0.2, 0.25) is 5.91 Å². The summed E-state index contributed by atoms with van der Waals surface area (Å²) < 4.78 is 0. The molecule has 0 aromatic heterocycles. The molecule has 108 valence electrons. The summed E-state index contributed by atoms with van der Waals surface area (Å²) in [4.78, 5) is 23.5. The Hall–Kier alpha value is -1.88. The SMILES string of the molecule is CNC(=O)c1cccc(NC(=O)CC2CCNCC2)c1. The van der Waals surface area contributed by atoms with Gasteiger partial charge in [0.05, 0.1) is 0 Å². The van der Waals surface area contributed by atoms with Crippen LogP contribution in [0.1, 0.15) is 29.6 Å². The first-order valence-electron chi connectivity index (χ1n) is 7.02. The third-order valence-corrected chi connectivity index (χ3v) is 3.57. The van der Waals surface area contributed by atoms with Crippen molar-refractivity contribution in [2.45, 2.75) is 19.3 Å². The molecule has 20 heavy (non-hydrogen) atoms. The molecular formula is C15H21N3O2. The van der Waals surface area contributed by atoms with Crippen molar-refractivity contribution >= 4 is 17.5 Å². The second-order valence-corrected chi connectivity index (χ2v) is 5.11. The second kappa shape index (κ2) is 7.05. The van der Waals surface area contributed by atoms with Crippen molar-refractivity contribution < 1.29 is 9.59 Å². The molecule has 1 saturated heterocycles. The highest BCUT2D eigenvalue weighted by atomic mass is 16.2. The molecule has 3 N–H and O–H groups in total. The summed E-state index contributed by atoms with van der Waals surface area (Å²) in [6.45, 7) is 1.98. The van der Waals surface area contributed by atoms with Gasteiger partial charge in [0, 0.05) is 24.7 Å². The molecule has 0 atom stereocenters. The van der Waals surface area contributed by atoms with E-state index in [2.05, 4.69) is 16.0 Å². The van der Waals surface area contributed by atoms with Crippen molar-refractivity contribution in [2.24, 2.45) is 5.92 Å². The Kier molecular flexibility index (Phi) is 5.12. The summed E-state index contributed by atoms with van der Waals surface area (Å²) in [5, 5.41) is 8.73. The molecule has 1 aromatic rings. The van der Waals surface area contributed by atoms with Crippen molar-refractivity contribution in [1.82, 2.24) is 10.6 Å². The van der Waals surface area contributed by atoms with E-state index >= 15 is 0 Å². The van der Waals surface area contributed by atoms with Gasteiger partial charge >= 0.3 is 0 Å². The molecule has 1 aromatic carbocycles. The van der Waals surface area contributed by atoms with Gasteiger partial charge in [-0.15, -0.1) is 0 Å². The van der Waals surface area contributed by atoms with Crippen LogP contribution in [-0.4, -0.2) is 32.0 Å². The third-order valence-electron chi connectivity index (χ3n) is 3.57. The average molecular weight is 275 g/mol. The van der Waals surface area contributed by atoms with Crippen molar-refractivity contribution in [3.8, 4) is 0 Å². The lowest BCUT2D eigenvalue weighted by Crippen LogP contribution is -2.30. The van der Waals surface area contributed by atoms with Gasteiger partial charge in [-0.3, -0.25) is 9.59 Å². The summed E-state index contributed by atoms with van der Waals surface area (Å²) >= 11 is 0. The average Bonchev–Trinajstić information content (AvgIpc) is 2.47. The minimum atomic E-state index is -0.153. The van der Waals surface area contributed by atoms with Gasteiger partial charge in [-0.05, 0) is 50.0 Å². The number of hydrogen-bond acceptors (Lipinski definition) is 3. The monoisotopic (exact) mass is 275 g/mol. The van der Waals surface area contributed by atoms with Crippen LogP contribution in [-0.2, 0) is 4.79 Å². The molecule has 1 heterocycles. The molecule has 1 fully saturated rings. The Morgan fingerprint density at radius 2 is 2.05 bits per heavy atom. The third kappa shape index (κ3) is 4.06. The molecule has 5 heteroatoms. The number of piperidine rings is 1. The van der Waals surface area contributed by atoms with Gasteiger partial charge in [0.25, 0.3) is 5.91 Å². The molecular weight excluding hydrogens is 254 g/mol. The van der Waals surface area contributed by atoms with E-state index < -0.39 is 0 Å². The first-order valence-corrected chi connectivity index (χ1v) is 7.02. The molecule has 0 aliphatic carbocycles. The minimum absolute atomic E-state index is 0.0194. The highest BCUT2D eigenvalue weighted by Crippen LogP contribution is 2.17. The van der Waals surface area contributed by atoms with Gasteiger partial charge < -0.3 is 16.0 Å². The highest BCUT2D eigenvalue weighted by molar-refractivity contribution is 5.97. The van der Waals surface area contributed by atoms with Crippen LogP contribution >= 0.6 is 0 Å². The fourth-order valence-corrected chi connectivity index (χ4v) is 2.44. The lowest BCUT2D eigenvalue weighted by atomic mass is 9.94. The van der Waals surface area contributed by atoms with Crippen molar-refractivity contribution in [3.05, 3.63) is 29.8 Å². The van der Waals surface area contributed by atoms with Crippen LogP contribution in [0.4, 0.5) is 5.69 Å². The topological polar surface area (TPSA) is 70.2 Å². The van der Waals surface area contributed by atoms with E-state index in [0.29, 0.717) is 23.6 Å². The number of amides is 2. The number of hydrogen-bond donors (Lipinski definition) is 3. The maximum absolute atomic E-state index is 12.0. The van der Waals surface area contributed by atoms with E-state index in [1.807, 2.05) is 0 Å². The van der Waals surface area contributed by atoms with Crippen molar-refractivity contribution in [1.29, 1.82) is 0 Å². The lowest BCUT2D eigenvalue weighted by molar-refractivity contribution is -0.117. The Bertz CT molecular complexity index is 482. The first kappa shape index (κ1) is 14.5. The summed E-state index contributed by atoms with van der Waals surface area (Å²) in [6.07, 6.45) is 2.64. The predicted octanol–water partition coefficient (Wildman–Crippen LogP) is 1.37. The van der Waals surface area contributed by atoms with E-state index in [1.165, 1.54) is 0 Å². The van der Waals surface area contributed by atoms with Crippen molar-refractivity contribution in [3.63, 3.8) is 0 Å². The van der Waals surface area contributed by atoms with Crippen LogP contribution in [0.3, 0.4) is 0 Å². The largest absolute Gasteiger partial charge is 0.355 e. The fourth-order valence-electron chi connectivity index (χ4n) is 2.44. The number of nitrogens with one attached hydrogen (secondary N) is 3. The van der Waals surface area contributed by atoms with E-state index in [-0.39, 0.29) is 11.8 Å². The molecule has 0 saturated carbocycles. The van der Waals surface area contributed by atoms with E-state index in [1.54, 1.807) is 31.3 Å². The Labute approximate surface area is 119 Å². The highest BCUT2D eigenvalue weighted by Gasteiger charge is 2.17. The van der Waals surface area contributed by atoms with Crippen LogP contribution in [0.5, 0.6) is 0 Å². The normalized spacial score (nSPS) is 15.7. The minimum Gasteiger partial charge on any atom is -0.355 e. The molecule has 2 rings (SSSR count). The zero-order chi connectivity index (χ0) is 14.4. The summed E-state index contributed by atoms with van der Waals surface area (Å²) in [7, 11) is 1.59. The summed E-state index contributed by atoms with van der Waals surface area (Å²) in [5.41, 5.74) is 1.22.